The van der Waals surface area contributed by atoms with Crippen molar-refractivity contribution in [2.24, 2.45) is 0 Å². The highest BCUT2D eigenvalue weighted by atomic mass is 32.1. The van der Waals surface area contributed by atoms with Gasteiger partial charge in [0.2, 0.25) is 0 Å². The molecule has 1 aliphatic heterocycles. The summed E-state index contributed by atoms with van der Waals surface area (Å²) in [7, 11) is 0. The van der Waals surface area contributed by atoms with Crippen molar-refractivity contribution in [3.8, 4) is 0 Å². The fourth-order valence-electron chi connectivity index (χ4n) is 1.70. The number of nitrogens with zero attached hydrogens (tertiary/aromatic N) is 2. The average Bonchev–Trinajstić information content (AvgIpc) is 2.80. The Morgan fingerprint density at radius 3 is 2.93 bits per heavy atom. The molecule has 0 saturated carbocycles. The maximum absolute atomic E-state index is 11.7. The van der Waals surface area contributed by atoms with Gasteiger partial charge in [0.1, 0.15) is 0 Å². The Kier molecular flexibility index (Phi) is 3.55. The lowest BCUT2D eigenvalue weighted by atomic mass is 10.1. The number of nitrogens with one attached hydrogen (secondary N) is 1. The van der Waals surface area contributed by atoms with E-state index in [0.29, 0.717) is 6.54 Å². The molecule has 1 aromatic rings. The van der Waals surface area contributed by atoms with Crippen LogP contribution in [0.1, 0.15) is 25.0 Å². The molecule has 0 aliphatic carbocycles. The summed E-state index contributed by atoms with van der Waals surface area (Å²) in [5.41, 5.74) is 2.72. The molecule has 5 heteroatoms. The molecule has 0 bridgehead atoms. The van der Waals surface area contributed by atoms with Gasteiger partial charge in [-0.15, -0.1) is 11.3 Å². The number of carbonyl (C=O) groups excluding carboxylic acids is 1. The molecule has 1 fully saturated rings. The van der Waals surface area contributed by atoms with E-state index in [0.717, 1.165) is 31.6 Å². The van der Waals surface area contributed by atoms with Crippen molar-refractivity contribution in [3.63, 3.8) is 0 Å². The van der Waals surface area contributed by atoms with Crippen molar-refractivity contribution in [1.82, 2.24) is 15.2 Å². The molecule has 1 aliphatic rings. The molecule has 2 amide bonds. The summed E-state index contributed by atoms with van der Waals surface area (Å²) in [6.45, 7) is 2.32. The largest absolute Gasteiger partial charge is 0.332 e. The Morgan fingerprint density at radius 1 is 1.47 bits per heavy atom. The number of thiazole rings is 1. The van der Waals surface area contributed by atoms with Gasteiger partial charge in [-0.2, -0.15) is 0 Å². The third-order valence-corrected chi connectivity index (χ3v) is 3.18. The number of urea groups is 1. The first-order valence-electron chi connectivity index (χ1n) is 5.26. The molecule has 4 nitrogen and oxygen atoms in total. The molecule has 0 atom stereocenters. The van der Waals surface area contributed by atoms with Crippen LogP contribution < -0.4 is 5.32 Å². The summed E-state index contributed by atoms with van der Waals surface area (Å²) in [6.07, 6.45) is 3.50. The molecule has 15 heavy (non-hydrogen) atoms. The van der Waals surface area contributed by atoms with Crippen LogP contribution in [0, 0.1) is 0 Å². The molecule has 0 aromatic carbocycles. The molecule has 0 radical (unpaired) electrons. The van der Waals surface area contributed by atoms with Gasteiger partial charge in [-0.3, -0.25) is 0 Å². The van der Waals surface area contributed by atoms with Crippen LogP contribution in [0.25, 0.3) is 0 Å². The van der Waals surface area contributed by atoms with E-state index in [2.05, 4.69) is 10.3 Å². The van der Waals surface area contributed by atoms with Crippen LogP contribution in [0.5, 0.6) is 0 Å². The van der Waals surface area contributed by atoms with Crippen LogP contribution in [0.3, 0.4) is 0 Å². The SMILES string of the molecule is O=C(NCc1cscn1)N1CCCCC1. The number of rotatable bonds is 2. The van der Waals surface area contributed by atoms with Crippen molar-refractivity contribution in [2.75, 3.05) is 13.1 Å². The topological polar surface area (TPSA) is 45.2 Å². The maximum atomic E-state index is 11.7. The van der Waals surface area contributed by atoms with E-state index >= 15 is 0 Å². The Hall–Kier alpha value is -1.10. The normalized spacial score (nSPS) is 16.4. The number of aromatic nitrogens is 1. The zero-order valence-electron chi connectivity index (χ0n) is 8.61. The number of amides is 2. The van der Waals surface area contributed by atoms with E-state index in [9.17, 15) is 4.79 Å². The van der Waals surface area contributed by atoms with Crippen LogP contribution in [-0.2, 0) is 6.54 Å². The monoisotopic (exact) mass is 225 g/mol. The summed E-state index contributed by atoms with van der Waals surface area (Å²) >= 11 is 1.55. The number of hydrogen-bond donors (Lipinski definition) is 1. The molecule has 0 unspecified atom stereocenters. The molecule has 1 aromatic heterocycles. The summed E-state index contributed by atoms with van der Waals surface area (Å²) in [5.74, 6) is 0. The minimum Gasteiger partial charge on any atom is -0.332 e. The van der Waals surface area contributed by atoms with Gasteiger partial charge in [0.25, 0.3) is 0 Å². The highest BCUT2D eigenvalue weighted by molar-refractivity contribution is 7.07. The Bertz CT molecular complexity index is 306. The highest BCUT2D eigenvalue weighted by Gasteiger charge is 2.15. The van der Waals surface area contributed by atoms with Crippen molar-refractivity contribution in [1.29, 1.82) is 0 Å². The van der Waals surface area contributed by atoms with E-state index in [1.165, 1.54) is 6.42 Å². The van der Waals surface area contributed by atoms with E-state index in [-0.39, 0.29) is 6.03 Å². The number of hydrogen-bond acceptors (Lipinski definition) is 3. The Labute approximate surface area is 93.3 Å². The second kappa shape index (κ2) is 5.11. The van der Waals surface area contributed by atoms with E-state index in [1.807, 2.05) is 10.3 Å². The first-order valence-corrected chi connectivity index (χ1v) is 6.20. The van der Waals surface area contributed by atoms with Gasteiger partial charge < -0.3 is 10.2 Å². The third-order valence-electron chi connectivity index (χ3n) is 2.55. The Morgan fingerprint density at radius 2 is 2.27 bits per heavy atom. The summed E-state index contributed by atoms with van der Waals surface area (Å²) in [5, 5.41) is 4.84. The van der Waals surface area contributed by atoms with E-state index < -0.39 is 0 Å². The third kappa shape index (κ3) is 2.92. The average molecular weight is 225 g/mol. The molecular weight excluding hydrogens is 210 g/mol. The number of likely N-dealkylation sites (tertiary alicyclic amines) is 1. The molecule has 0 spiro atoms. The lowest BCUT2D eigenvalue weighted by molar-refractivity contribution is 0.186. The van der Waals surface area contributed by atoms with Gasteiger partial charge in [0.15, 0.2) is 0 Å². The second-order valence-corrected chi connectivity index (χ2v) is 4.40. The summed E-state index contributed by atoms with van der Waals surface area (Å²) in [4.78, 5) is 17.7. The highest BCUT2D eigenvalue weighted by Crippen LogP contribution is 2.08. The lowest BCUT2D eigenvalue weighted by Crippen LogP contribution is -2.42. The first-order chi connectivity index (χ1) is 7.36. The van der Waals surface area contributed by atoms with Crippen molar-refractivity contribution >= 4 is 17.4 Å². The van der Waals surface area contributed by atoms with Gasteiger partial charge in [-0.1, -0.05) is 0 Å². The van der Waals surface area contributed by atoms with Crippen molar-refractivity contribution in [2.45, 2.75) is 25.8 Å². The molecule has 1 N–H and O–H groups in total. The second-order valence-electron chi connectivity index (χ2n) is 3.69. The Balaban J connectivity index is 1.76. The number of piperidine rings is 1. The maximum Gasteiger partial charge on any atom is 0.317 e. The van der Waals surface area contributed by atoms with Crippen molar-refractivity contribution in [3.05, 3.63) is 16.6 Å². The molecule has 2 heterocycles. The van der Waals surface area contributed by atoms with E-state index in [1.54, 1.807) is 16.8 Å². The fraction of sp³-hybridized carbons (Fsp3) is 0.600. The van der Waals surface area contributed by atoms with Gasteiger partial charge >= 0.3 is 6.03 Å². The lowest BCUT2D eigenvalue weighted by Gasteiger charge is -2.26. The molecule has 82 valence electrons. The van der Waals surface area contributed by atoms with Crippen molar-refractivity contribution < 1.29 is 4.79 Å². The van der Waals surface area contributed by atoms with Crippen LogP contribution in [0.4, 0.5) is 4.79 Å². The number of carbonyl (C=O) groups is 1. The van der Waals surface area contributed by atoms with Crippen LogP contribution in [0.2, 0.25) is 0 Å². The molecular formula is C10H15N3OS. The zero-order chi connectivity index (χ0) is 10.5. The predicted molar refractivity (Wildman–Crippen MR) is 59.8 cm³/mol. The van der Waals surface area contributed by atoms with Crippen LogP contribution in [0.15, 0.2) is 10.9 Å². The van der Waals surface area contributed by atoms with Gasteiger partial charge in [-0.25, -0.2) is 9.78 Å². The van der Waals surface area contributed by atoms with Gasteiger partial charge in [0.05, 0.1) is 17.7 Å². The first kappa shape index (κ1) is 10.4. The summed E-state index contributed by atoms with van der Waals surface area (Å²) < 4.78 is 0. The fourth-order valence-corrected chi connectivity index (χ4v) is 2.26. The minimum atomic E-state index is 0.0442. The summed E-state index contributed by atoms with van der Waals surface area (Å²) in [6, 6.07) is 0.0442. The molecule has 2 rings (SSSR count). The smallest absolute Gasteiger partial charge is 0.317 e. The predicted octanol–water partition coefficient (Wildman–Crippen LogP) is 1.84. The van der Waals surface area contributed by atoms with Crippen LogP contribution in [-0.4, -0.2) is 29.0 Å². The standard InChI is InChI=1S/C10H15N3OS/c14-10(13-4-2-1-3-5-13)11-6-9-7-15-8-12-9/h7-8H,1-6H2,(H,11,14). The van der Waals surface area contributed by atoms with E-state index in [4.69, 9.17) is 0 Å². The zero-order valence-corrected chi connectivity index (χ0v) is 9.42. The van der Waals surface area contributed by atoms with Gasteiger partial charge in [0, 0.05) is 18.5 Å². The quantitative estimate of drug-likeness (QED) is 0.834. The van der Waals surface area contributed by atoms with Gasteiger partial charge in [-0.05, 0) is 19.3 Å². The minimum absolute atomic E-state index is 0.0442. The van der Waals surface area contributed by atoms with Crippen LogP contribution >= 0.6 is 11.3 Å². The molecule has 1 saturated heterocycles.